The summed E-state index contributed by atoms with van der Waals surface area (Å²) in [6.45, 7) is 43.1. The highest BCUT2D eigenvalue weighted by atomic mass is 14.2. The lowest BCUT2D eigenvalue weighted by atomic mass is 9.85. The van der Waals surface area contributed by atoms with Crippen molar-refractivity contribution in [3.8, 4) is 55.6 Å². The van der Waals surface area contributed by atoms with Gasteiger partial charge in [0.2, 0.25) is 0 Å². The van der Waals surface area contributed by atoms with Gasteiger partial charge < -0.3 is 0 Å². The normalized spacial score (nSPS) is 9.81. The zero-order chi connectivity index (χ0) is 57.7. The largest absolute Gasteiger partial charge is 0.100 e. The molecule has 0 radical (unpaired) electrons. The summed E-state index contributed by atoms with van der Waals surface area (Å²) < 4.78 is 0. The van der Waals surface area contributed by atoms with Crippen molar-refractivity contribution in [3.05, 3.63) is 275 Å². The fraction of sp³-hybridized carbons (Fsp3) is 0.273. The van der Waals surface area contributed by atoms with Crippen LogP contribution < -0.4 is 0 Å². The summed E-state index contributed by atoms with van der Waals surface area (Å²) in [6, 6.07) is 78.0. The van der Waals surface area contributed by atoms with Gasteiger partial charge in [0.05, 0.1) is 0 Å². The molecule has 77 heavy (non-hydrogen) atoms. The molecule has 0 aliphatic heterocycles. The molecular weight excluding hydrogens is 925 g/mol. The molecule has 0 fully saturated rings. The van der Waals surface area contributed by atoms with Crippen LogP contribution in [-0.4, -0.2) is 0 Å². The van der Waals surface area contributed by atoms with Crippen LogP contribution in [0.4, 0.5) is 0 Å². The molecule has 406 valence electrons. The zero-order valence-corrected chi connectivity index (χ0v) is 51.3. The lowest BCUT2D eigenvalue weighted by Crippen LogP contribution is -2.00. The van der Waals surface area contributed by atoms with Crippen molar-refractivity contribution in [2.24, 2.45) is 0 Å². The van der Waals surface area contributed by atoms with Crippen LogP contribution in [0.2, 0.25) is 0 Å². The first-order valence-electron chi connectivity index (χ1n) is 28.8. The minimum atomic E-state index is 0.317. The van der Waals surface area contributed by atoms with Crippen molar-refractivity contribution in [1.29, 1.82) is 0 Å². The Bertz CT molecular complexity index is 2950. The predicted molar refractivity (Wildman–Crippen MR) is 351 cm³/mol. The van der Waals surface area contributed by atoms with Crippen LogP contribution in [0.5, 0.6) is 0 Å². The Balaban J connectivity index is 0.000000582. The molecule has 1 unspecified atom stereocenters. The first-order chi connectivity index (χ1) is 37.5. The standard InChI is InChI=1S/C33H28.C23H24.C7H8.C4H8.5C2H6/c1-24(32-17-10-18-33(25(32)2)29-13-7-4-8-14-29)30-15-9-16-31(23-30)28-21-19-27(20-22-28)26-11-5-3-6-12-26;1-5-19-18(4)22(20-12-8-6-10-16(20)2)14-15-23(19)21-13-9-7-11-17(21)3;1-7-5-3-2-4-6-7;1-4(2)3;5*1-2/h3-24H,1-2H3;6-15H,5H2,1-4H3;2-6H,1H3;1H2,2-3H3;5*1-2H3. The summed E-state index contributed by atoms with van der Waals surface area (Å²) in [5, 5.41) is 0. The minimum absolute atomic E-state index is 0.317. The Kier molecular flexibility index (Phi) is 34.4. The third-order valence-electron chi connectivity index (χ3n) is 12.4. The van der Waals surface area contributed by atoms with Gasteiger partial charge in [-0.3, -0.25) is 0 Å². The van der Waals surface area contributed by atoms with E-state index >= 15 is 0 Å². The average Bonchev–Trinajstić information content (AvgIpc) is 3.49. The number of hydrogen-bond donors (Lipinski definition) is 0. The van der Waals surface area contributed by atoms with E-state index in [0.29, 0.717) is 5.92 Å². The van der Waals surface area contributed by atoms with Crippen molar-refractivity contribution < 1.29 is 0 Å². The molecule has 0 saturated carbocycles. The van der Waals surface area contributed by atoms with Gasteiger partial charge in [0, 0.05) is 5.92 Å². The van der Waals surface area contributed by atoms with Gasteiger partial charge in [0.1, 0.15) is 0 Å². The topological polar surface area (TPSA) is 0 Å². The van der Waals surface area contributed by atoms with Crippen LogP contribution in [-0.2, 0) is 6.42 Å². The van der Waals surface area contributed by atoms with E-state index in [2.05, 4.69) is 255 Å². The molecule has 0 nitrogen and oxygen atoms in total. The second-order valence-corrected chi connectivity index (χ2v) is 17.8. The number of rotatable bonds is 8. The summed E-state index contributed by atoms with van der Waals surface area (Å²) >= 11 is 0. The van der Waals surface area contributed by atoms with Gasteiger partial charge in [-0.05, 0) is 149 Å². The van der Waals surface area contributed by atoms with E-state index in [1.165, 1.54) is 106 Å². The predicted octanol–water partition coefficient (Wildman–Crippen LogP) is 24.4. The van der Waals surface area contributed by atoms with Gasteiger partial charge in [-0.25, -0.2) is 0 Å². The fourth-order valence-corrected chi connectivity index (χ4v) is 8.75. The molecule has 9 aromatic rings. The maximum absolute atomic E-state index is 3.56. The van der Waals surface area contributed by atoms with Crippen LogP contribution in [0.3, 0.4) is 0 Å². The summed E-state index contributed by atoms with van der Waals surface area (Å²) in [5.74, 6) is 0.317. The number of hydrogen-bond acceptors (Lipinski definition) is 0. The van der Waals surface area contributed by atoms with E-state index < -0.39 is 0 Å². The van der Waals surface area contributed by atoms with Crippen LogP contribution in [0, 0.1) is 34.6 Å². The number of benzene rings is 9. The van der Waals surface area contributed by atoms with Crippen molar-refractivity contribution in [2.45, 2.75) is 144 Å². The summed E-state index contributed by atoms with van der Waals surface area (Å²) in [4.78, 5) is 0. The van der Waals surface area contributed by atoms with Gasteiger partial charge in [-0.1, -0.05) is 313 Å². The van der Waals surface area contributed by atoms with Crippen LogP contribution >= 0.6 is 0 Å². The average molecular weight is 1020 g/mol. The van der Waals surface area contributed by atoms with E-state index in [9.17, 15) is 0 Å². The number of aryl methyl sites for hydroxylation is 3. The Labute approximate surface area is 472 Å². The molecule has 1 atom stereocenters. The maximum atomic E-state index is 3.56. The van der Waals surface area contributed by atoms with E-state index in [4.69, 9.17) is 0 Å². The lowest BCUT2D eigenvalue weighted by Gasteiger charge is -2.19. The van der Waals surface area contributed by atoms with E-state index in [1.54, 1.807) is 0 Å². The van der Waals surface area contributed by atoms with Crippen LogP contribution in [0.15, 0.2) is 231 Å². The molecule has 0 aliphatic carbocycles. The van der Waals surface area contributed by atoms with Gasteiger partial charge in [0.15, 0.2) is 0 Å². The Morgan fingerprint density at radius 2 is 0.714 bits per heavy atom. The second-order valence-electron chi connectivity index (χ2n) is 17.8. The third-order valence-corrected chi connectivity index (χ3v) is 12.4. The third kappa shape index (κ3) is 21.3. The van der Waals surface area contributed by atoms with Gasteiger partial charge in [0.25, 0.3) is 0 Å². The van der Waals surface area contributed by atoms with Gasteiger partial charge in [-0.2, -0.15) is 0 Å². The van der Waals surface area contributed by atoms with E-state index in [-0.39, 0.29) is 0 Å². The Morgan fingerprint density at radius 1 is 0.351 bits per heavy atom. The molecule has 0 aliphatic rings. The molecule has 9 aromatic carbocycles. The molecule has 0 N–H and O–H groups in total. The first kappa shape index (κ1) is 67.7. The van der Waals surface area contributed by atoms with Crippen molar-refractivity contribution in [3.63, 3.8) is 0 Å². The SMILES string of the molecule is C=C(C)C.CC.CC.CC.CC.CC.CCc1c(-c2ccccc2C)ccc(-c2ccccc2C)c1C.Cc1c(-c2ccccc2)cccc1C(C)c1cccc(-c2ccc(-c3ccccc3)cc2)c1.Cc1ccccc1. The monoisotopic (exact) mass is 1020 g/mol. The summed E-state index contributed by atoms with van der Waals surface area (Å²) in [6.07, 6.45) is 1.05. The highest BCUT2D eigenvalue weighted by Crippen LogP contribution is 2.37. The quantitative estimate of drug-likeness (QED) is 0.133. The minimum Gasteiger partial charge on any atom is -0.100 e. The fourth-order valence-electron chi connectivity index (χ4n) is 8.75. The highest BCUT2D eigenvalue weighted by molar-refractivity contribution is 5.80. The van der Waals surface area contributed by atoms with Crippen molar-refractivity contribution >= 4 is 0 Å². The van der Waals surface area contributed by atoms with Crippen LogP contribution in [0.25, 0.3) is 55.6 Å². The molecule has 0 spiro atoms. The van der Waals surface area contributed by atoms with E-state index in [0.717, 1.165) is 6.42 Å². The Hall–Kier alpha value is -7.28. The highest BCUT2D eigenvalue weighted by Gasteiger charge is 2.16. The Morgan fingerprint density at radius 3 is 1.17 bits per heavy atom. The molecule has 0 amide bonds. The second kappa shape index (κ2) is 39.2. The summed E-state index contributed by atoms with van der Waals surface area (Å²) in [5.41, 5.74) is 25.1. The van der Waals surface area contributed by atoms with Crippen molar-refractivity contribution in [1.82, 2.24) is 0 Å². The lowest BCUT2D eigenvalue weighted by molar-refractivity contribution is 0.911. The van der Waals surface area contributed by atoms with Crippen LogP contribution in [0.1, 0.15) is 147 Å². The first-order valence-corrected chi connectivity index (χ1v) is 28.8. The molecule has 9 rings (SSSR count). The van der Waals surface area contributed by atoms with Gasteiger partial charge in [-0.15, -0.1) is 6.58 Å². The molecule has 0 heteroatoms. The maximum Gasteiger partial charge on any atom is 0.00640 e. The smallest absolute Gasteiger partial charge is 0.00640 e. The molecule has 0 saturated heterocycles. The zero-order valence-electron chi connectivity index (χ0n) is 51.3. The molecule has 0 bridgehead atoms. The summed E-state index contributed by atoms with van der Waals surface area (Å²) in [7, 11) is 0. The van der Waals surface area contributed by atoms with Crippen molar-refractivity contribution in [2.75, 3.05) is 0 Å². The number of allylic oxidation sites excluding steroid dienone is 1. The van der Waals surface area contributed by atoms with E-state index in [1.807, 2.05) is 101 Å². The molecular formula is C77H98. The molecule has 0 aromatic heterocycles. The molecule has 0 heterocycles. The van der Waals surface area contributed by atoms with Gasteiger partial charge >= 0.3 is 0 Å².